The third-order valence-electron chi connectivity index (χ3n) is 2.50. The Balaban J connectivity index is 2.01. The van der Waals surface area contributed by atoms with Crippen LogP contribution in [0.5, 0.6) is 5.75 Å². The molecule has 4 nitrogen and oxygen atoms in total. The first kappa shape index (κ1) is 12.7. The summed E-state index contributed by atoms with van der Waals surface area (Å²) in [5.41, 5.74) is 1.10. The zero-order chi connectivity index (χ0) is 13.0. The molecule has 1 aromatic carbocycles. The van der Waals surface area contributed by atoms with E-state index in [1.807, 2.05) is 24.3 Å². The molecule has 0 saturated carbocycles. The fourth-order valence-electron chi connectivity index (χ4n) is 1.43. The number of methoxy groups -OCH3 is 1. The van der Waals surface area contributed by atoms with Crippen molar-refractivity contribution in [3.8, 4) is 5.75 Å². The zero-order valence-electron chi connectivity index (χ0n) is 10.3. The molecule has 0 aliphatic carbocycles. The smallest absolute Gasteiger partial charge is 0.268 e. The molecule has 0 radical (unpaired) electrons. The highest BCUT2D eigenvalue weighted by Crippen LogP contribution is 2.21. The second-order valence-electron chi connectivity index (χ2n) is 3.81. The lowest BCUT2D eigenvalue weighted by molar-refractivity contribution is 0.414. The number of benzene rings is 1. The van der Waals surface area contributed by atoms with Crippen LogP contribution in [0.3, 0.4) is 0 Å². The Kier molecular flexibility index (Phi) is 4.04. The van der Waals surface area contributed by atoms with Gasteiger partial charge in [-0.15, -0.1) is 11.8 Å². The molecule has 0 aliphatic rings. The van der Waals surface area contributed by atoms with Crippen molar-refractivity contribution >= 4 is 11.8 Å². The summed E-state index contributed by atoms with van der Waals surface area (Å²) in [5.74, 6) is 1.67. The molecule has 0 bridgehead atoms. The van der Waals surface area contributed by atoms with Gasteiger partial charge in [0.05, 0.1) is 13.3 Å². The molecule has 5 heteroatoms. The largest absolute Gasteiger partial charge is 0.497 e. The van der Waals surface area contributed by atoms with Crippen molar-refractivity contribution in [3.63, 3.8) is 0 Å². The van der Waals surface area contributed by atoms with E-state index in [0.29, 0.717) is 0 Å². The van der Waals surface area contributed by atoms with Gasteiger partial charge in [0, 0.05) is 19.0 Å². The molecule has 1 aromatic heterocycles. The third-order valence-corrected chi connectivity index (χ3v) is 3.48. The fraction of sp³-hybridized carbons (Fsp3) is 0.231. The van der Waals surface area contributed by atoms with Gasteiger partial charge < -0.3 is 9.30 Å². The van der Waals surface area contributed by atoms with E-state index in [1.54, 1.807) is 32.1 Å². The van der Waals surface area contributed by atoms with Crippen LogP contribution in [0.2, 0.25) is 0 Å². The summed E-state index contributed by atoms with van der Waals surface area (Å²) >= 11 is 1.60. The van der Waals surface area contributed by atoms with E-state index in [-0.39, 0.29) is 5.56 Å². The molecular formula is C13H14N2O2S. The second kappa shape index (κ2) is 5.73. The fourth-order valence-corrected chi connectivity index (χ4v) is 2.29. The number of rotatable bonds is 4. The average molecular weight is 262 g/mol. The van der Waals surface area contributed by atoms with Crippen LogP contribution in [-0.2, 0) is 12.8 Å². The molecule has 18 heavy (non-hydrogen) atoms. The molecule has 94 valence electrons. The summed E-state index contributed by atoms with van der Waals surface area (Å²) in [6.45, 7) is 0. The maximum absolute atomic E-state index is 11.2. The molecule has 1 heterocycles. The van der Waals surface area contributed by atoms with Crippen molar-refractivity contribution in [1.29, 1.82) is 0 Å². The van der Waals surface area contributed by atoms with Gasteiger partial charge in [-0.05, 0) is 17.7 Å². The first-order valence-electron chi connectivity index (χ1n) is 5.47. The third kappa shape index (κ3) is 3.13. The number of aromatic nitrogens is 2. The molecule has 0 atom stereocenters. The minimum Gasteiger partial charge on any atom is -0.497 e. The number of hydrogen-bond donors (Lipinski definition) is 0. The second-order valence-corrected chi connectivity index (χ2v) is 4.81. The number of aryl methyl sites for hydroxylation is 1. The summed E-state index contributed by atoms with van der Waals surface area (Å²) in [5, 5.41) is 0.841. The van der Waals surface area contributed by atoms with Crippen LogP contribution >= 0.6 is 11.8 Å². The Morgan fingerprint density at radius 1 is 1.33 bits per heavy atom. The van der Waals surface area contributed by atoms with Crippen molar-refractivity contribution in [1.82, 2.24) is 9.55 Å². The van der Waals surface area contributed by atoms with Gasteiger partial charge in [-0.1, -0.05) is 12.1 Å². The van der Waals surface area contributed by atoms with Crippen LogP contribution in [0.4, 0.5) is 0 Å². The van der Waals surface area contributed by atoms with E-state index in [0.717, 1.165) is 16.5 Å². The Morgan fingerprint density at radius 2 is 2.06 bits per heavy atom. The highest BCUT2D eigenvalue weighted by molar-refractivity contribution is 7.98. The quantitative estimate of drug-likeness (QED) is 0.791. The van der Waals surface area contributed by atoms with E-state index in [4.69, 9.17) is 4.74 Å². The van der Waals surface area contributed by atoms with Gasteiger partial charge in [0.2, 0.25) is 0 Å². The lowest BCUT2D eigenvalue weighted by Gasteiger charge is -2.04. The van der Waals surface area contributed by atoms with Crippen LogP contribution in [0.15, 0.2) is 46.5 Å². The highest BCUT2D eigenvalue weighted by Gasteiger charge is 2.00. The van der Waals surface area contributed by atoms with Crippen molar-refractivity contribution in [2.45, 2.75) is 10.8 Å². The molecule has 0 unspecified atom stereocenters. The number of nitrogens with zero attached hydrogens (tertiary/aromatic N) is 2. The van der Waals surface area contributed by atoms with E-state index >= 15 is 0 Å². The van der Waals surface area contributed by atoms with Crippen molar-refractivity contribution in [3.05, 3.63) is 52.6 Å². The van der Waals surface area contributed by atoms with Crippen molar-refractivity contribution < 1.29 is 4.74 Å². The average Bonchev–Trinajstić information content (AvgIpc) is 2.41. The Bertz CT molecular complexity index is 578. The maximum Gasteiger partial charge on any atom is 0.268 e. The summed E-state index contributed by atoms with van der Waals surface area (Å²) in [4.78, 5) is 15.3. The van der Waals surface area contributed by atoms with Gasteiger partial charge in [-0.3, -0.25) is 4.79 Å². The first-order valence-corrected chi connectivity index (χ1v) is 6.46. The predicted octanol–water partition coefficient (Wildman–Crippen LogP) is 2.08. The van der Waals surface area contributed by atoms with E-state index in [2.05, 4.69) is 4.98 Å². The number of ether oxygens (including phenoxy) is 1. The SMILES string of the molecule is COc1ccc(CSc2cn(C)c(=O)cn2)cc1. The Hall–Kier alpha value is -1.75. The van der Waals surface area contributed by atoms with Gasteiger partial charge in [-0.2, -0.15) is 0 Å². The van der Waals surface area contributed by atoms with Gasteiger partial charge >= 0.3 is 0 Å². The number of hydrogen-bond acceptors (Lipinski definition) is 4. The summed E-state index contributed by atoms with van der Waals surface area (Å²) in [6.07, 6.45) is 3.09. The van der Waals surface area contributed by atoms with Gasteiger partial charge in [0.25, 0.3) is 5.56 Å². The van der Waals surface area contributed by atoms with Gasteiger partial charge in [0.1, 0.15) is 10.8 Å². The standard InChI is InChI=1S/C13H14N2O2S/c1-15-8-12(14-7-13(15)16)18-9-10-3-5-11(17-2)6-4-10/h3-8H,9H2,1-2H3. The minimum absolute atomic E-state index is 0.0937. The first-order chi connectivity index (χ1) is 8.69. The van der Waals surface area contributed by atoms with Crippen LogP contribution in [0.1, 0.15) is 5.56 Å². The zero-order valence-corrected chi connectivity index (χ0v) is 11.1. The summed E-state index contributed by atoms with van der Waals surface area (Å²) in [6, 6.07) is 7.91. The molecule has 0 N–H and O–H groups in total. The Morgan fingerprint density at radius 3 is 2.67 bits per heavy atom. The molecule has 0 spiro atoms. The highest BCUT2D eigenvalue weighted by atomic mass is 32.2. The molecule has 0 amide bonds. The normalized spacial score (nSPS) is 10.3. The minimum atomic E-state index is -0.0937. The molecule has 2 aromatic rings. The number of thioether (sulfide) groups is 1. The van der Waals surface area contributed by atoms with Gasteiger partial charge in [-0.25, -0.2) is 4.98 Å². The lowest BCUT2D eigenvalue weighted by atomic mass is 10.2. The van der Waals surface area contributed by atoms with Crippen molar-refractivity contribution in [2.75, 3.05) is 7.11 Å². The molecular weight excluding hydrogens is 248 g/mol. The van der Waals surface area contributed by atoms with Crippen LogP contribution < -0.4 is 10.3 Å². The van der Waals surface area contributed by atoms with E-state index < -0.39 is 0 Å². The maximum atomic E-state index is 11.2. The summed E-state index contributed by atoms with van der Waals surface area (Å²) in [7, 11) is 3.37. The predicted molar refractivity (Wildman–Crippen MR) is 72.0 cm³/mol. The van der Waals surface area contributed by atoms with Crippen LogP contribution in [0, 0.1) is 0 Å². The molecule has 0 saturated heterocycles. The van der Waals surface area contributed by atoms with E-state index in [9.17, 15) is 4.79 Å². The molecule has 2 rings (SSSR count). The Labute approximate surface area is 110 Å². The van der Waals surface area contributed by atoms with Crippen molar-refractivity contribution in [2.24, 2.45) is 7.05 Å². The topological polar surface area (TPSA) is 44.1 Å². The molecule has 0 aliphatic heterocycles. The van der Waals surface area contributed by atoms with E-state index in [1.165, 1.54) is 16.3 Å². The van der Waals surface area contributed by atoms with Crippen LogP contribution in [-0.4, -0.2) is 16.7 Å². The monoisotopic (exact) mass is 262 g/mol. The lowest BCUT2D eigenvalue weighted by Crippen LogP contribution is -2.15. The van der Waals surface area contributed by atoms with Crippen LogP contribution in [0.25, 0.3) is 0 Å². The summed E-state index contributed by atoms with van der Waals surface area (Å²) < 4.78 is 6.63. The molecule has 0 fully saturated rings. The van der Waals surface area contributed by atoms with Gasteiger partial charge in [0.15, 0.2) is 0 Å².